The predicted molar refractivity (Wildman–Crippen MR) is 83.0 cm³/mol. The van der Waals surface area contributed by atoms with Crippen LogP contribution < -0.4 is 14.8 Å². The number of hydrogen-bond donors (Lipinski definition) is 2. The third-order valence-corrected chi connectivity index (χ3v) is 5.66. The zero-order valence-corrected chi connectivity index (χ0v) is 14.3. The average Bonchev–Trinajstić information content (AvgIpc) is 2.47. The molecule has 1 unspecified atom stereocenters. The van der Waals surface area contributed by atoms with E-state index in [0.717, 1.165) is 31.5 Å². The molecule has 1 aromatic rings. The first-order valence-electron chi connectivity index (χ1n) is 7.59. The van der Waals surface area contributed by atoms with Crippen LogP contribution in [0.5, 0.6) is 5.75 Å². The Morgan fingerprint density at radius 3 is 2.71 bits per heavy atom. The SMILES string of the molecule is CC1(C)CCCNC1CNS(=O)(=O)c1ccc(OC(F)F)c(F)c1. The Balaban J connectivity index is 2.08. The summed E-state index contributed by atoms with van der Waals surface area (Å²) in [5, 5.41) is 3.27. The third kappa shape index (κ3) is 4.61. The molecule has 1 aliphatic rings. The molecule has 9 heteroatoms. The summed E-state index contributed by atoms with van der Waals surface area (Å²) in [6.45, 7) is 1.89. The van der Waals surface area contributed by atoms with Crippen LogP contribution in [0.1, 0.15) is 26.7 Å². The number of hydrogen-bond acceptors (Lipinski definition) is 4. The van der Waals surface area contributed by atoms with E-state index in [2.05, 4.69) is 14.8 Å². The van der Waals surface area contributed by atoms with E-state index in [9.17, 15) is 21.6 Å². The zero-order valence-electron chi connectivity index (χ0n) is 13.5. The molecule has 0 saturated carbocycles. The summed E-state index contributed by atoms with van der Waals surface area (Å²) in [4.78, 5) is -0.338. The van der Waals surface area contributed by atoms with Gasteiger partial charge < -0.3 is 10.1 Å². The molecule has 1 aliphatic heterocycles. The summed E-state index contributed by atoms with van der Waals surface area (Å²) < 4.78 is 68.9. The van der Waals surface area contributed by atoms with Crippen LogP contribution in [-0.2, 0) is 10.0 Å². The Morgan fingerprint density at radius 1 is 1.42 bits per heavy atom. The molecule has 0 amide bonds. The van der Waals surface area contributed by atoms with Crippen LogP contribution in [0, 0.1) is 11.2 Å². The first-order chi connectivity index (χ1) is 11.1. The van der Waals surface area contributed by atoms with Crippen molar-refractivity contribution in [1.29, 1.82) is 0 Å². The Morgan fingerprint density at radius 2 is 2.12 bits per heavy atom. The molecule has 1 aromatic carbocycles. The first kappa shape index (κ1) is 19.0. The molecular formula is C15H21F3N2O3S. The molecule has 24 heavy (non-hydrogen) atoms. The van der Waals surface area contributed by atoms with Gasteiger partial charge >= 0.3 is 6.61 Å². The summed E-state index contributed by atoms with van der Waals surface area (Å²) in [5.41, 5.74) is -0.0685. The van der Waals surface area contributed by atoms with Gasteiger partial charge in [-0.15, -0.1) is 0 Å². The minimum Gasteiger partial charge on any atom is -0.432 e. The topological polar surface area (TPSA) is 67.4 Å². The Bertz CT molecular complexity index is 681. The smallest absolute Gasteiger partial charge is 0.387 e. The summed E-state index contributed by atoms with van der Waals surface area (Å²) in [6, 6.07) is 2.52. The third-order valence-electron chi connectivity index (χ3n) is 4.24. The maximum absolute atomic E-state index is 13.7. The van der Waals surface area contributed by atoms with Crippen molar-refractivity contribution in [1.82, 2.24) is 10.0 Å². The van der Waals surface area contributed by atoms with E-state index in [-0.39, 0.29) is 22.9 Å². The zero-order chi connectivity index (χ0) is 18.0. The van der Waals surface area contributed by atoms with Gasteiger partial charge in [0, 0.05) is 12.6 Å². The van der Waals surface area contributed by atoms with Crippen molar-refractivity contribution < 1.29 is 26.3 Å². The molecule has 2 N–H and O–H groups in total. The number of piperidine rings is 1. The van der Waals surface area contributed by atoms with E-state index in [4.69, 9.17) is 0 Å². The first-order valence-corrected chi connectivity index (χ1v) is 9.07. The van der Waals surface area contributed by atoms with Crippen LogP contribution in [0.15, 0.2) is 23.1 Å². The highest BCUT2D eigenvalue weighted by molar-refractivity contribution is 7.89. The van der Waals surface area contributed by atoms with Gasteiger partial charge in [-0.05, 0) is 43.0 Å². The van der Waals surface area contributed by atoms with Gasteiger partial charge in [0.05, 0.1) is 4.90 Å². The molecule has 0 aromatic heterocycles. The Hall–Kier alpha value is -1.32. The van der Waals surface area contributed by atoms with E-state index in [1.165, 1.54) is 0 Å². The molecule has 1 saturated heterocycles. The largest absolute Gasteiger partial charge is 0.432 e. The van der Waals surface area contributed by atoms with Crippen molar-refractivity contribution in [3.8, 4) is 5.75 Å². The van der Waals surface area contributed by atoms with Gasteiger partial charge in [0.2, 0.25) is 10.0 Å². The van der Waals surface area contributed by atoms with Gasteiger partial charge in [-0.2, -0.15) is 8.78 Å². The van der Waals surface area contributed by atoms with Gasteiger partial charge in [-0.1, -0.05) is 13.8 Å². The minimum atomic E-state index is -3.95. The van der Waals surface area contributed by atoms with E-state index < -0.39 is 28.2 Å². The van der Waals surface area contributed by atoms with Crippen LogP contribution in [0.25, 0.3) is 0 Å². The molecule has 0 aliphatic carbocycles. The summed E-state index contributed by atoms with van der Waals surface area (Å²) in [7, 11) is -3.95. The molecule has 0 spiro atoms. The van der Waals surface area contributed by atoms with Crippen LogP contribution in [0.4, 0.5) is 13.2 Å². The van der Waals surface area contributed by atoms with E-state index in [1.54, 1.807) is 0 Å². The molecule has 136 valence electrons. The number of ether oxygens (including phenoxy) is 1. The predicted octanol–water partition coefficient (Wildman–Crippen LogP) is 2.48. The van der Waals surface area contributed by atoms with Crippen molar-refractivity contribution in [3.05, 3.63) is 24.0 Å². The fraction of sp³-hybridized carbons (Fsp3) is 0.600. The fourth-order valence-electron chi connectivity index (χ4n) is 2.74. The van der Waals surface area contributed by atoms with Crippen LogP contribution in [0.3, 0.4) is 0 Å². The normalized spacial score (nSPS) is 21.0. The Labute approximate surface area is 139 Å². The fourth-order valence-corrected chi connectivity index (χ4v) is 3.79. The second-order valence-electron chi connectivity index (χ2n) is 6.42. The number of rotatable bonds is 6. The highest BCUT2D eigenvalue weighted by Gasteiger charge is 2.32. The van der Waals surface area contributed by atoms with Gasteiger partial charge in [-0.3, -0.25) is 0 Å². The van der Waals surface area contributed by atoms with E-state index >= 15 is 0 Å². The number of benzene rings is 1. The van der Waals surface area contributed by atoms with Crippen molar-refractivity contribution in [2.75, 3.05) is 13.1 Å². The van der Waals surface area contributed by atoms with E-state index in [1.807, 2.05) is 13.8 Å². The van der Waals surface area contributed by atoms with Gasteiger partial charge in [-0.25, -0.2) is 17.5 Å². The maximum Gasteiger partial charge on any atom is 0.387 e. The lowest BCUT2D eigenvalue weighted by Crippen LogP contribution is -2.52. The van der Waals surface area contributed by atoms with Gasteiger partial charge in [0.15, 0.2) is 11.6 Å². The molecule has 0 radical (unpaired) electrons. The van der Waals surface area contributed by atoms with Crippen LogP contribution >= 0.6 is 0 Å². The van der Waals surface area contributed by atoms with Crippen molar-refractivity contribution >= 4 is 10.0 Å². The maximum atomic E-state index is 13.7. The molecule has 1 atom stereocenters. The molecule has 1 fully saturated rings. The monoisotopic (exact) mass is 366 g/mol. The summed E-state index contributed by atoms with van der Waals surface area (Å²) in [5.74, 6) is -1.85. The standard InChI is InChI=1S/C15H21F3N2O3S/c1-15(2)6-3-7-19-13(15)9-20-24(21,22)10-4-5-12(11(16)8-10)23-14(17)18/h4-5,8,13-14,19-20H,3,6-7,9H2,1-2H3. The lowest BCUT2D eigenvalue weighted by Gasteiger charge is -2.39. The Kier molecular flexibility index (Phi) is 5.77. The molecule has 1 heterocycles. The summed E-state index contributed by atoms with van der Waals surface area (Å²) >= 11 is 0. The van der Waals surface area contributed by atoms with Crippen molar-refractivity contribution in [3.63, 3.8) is 0 Å². The molecule has 5 nitrogen and oxygen atoms in total. The van der Waals surface area contributed by atoms with E-state index in [0.29, 0.717) is 6.07 Å². The highest BCUT2D eigenvalue weighted by Crippen LogP contribution is 2.30. The van der Waals surface area contributed by atoms with Crippen molar-refractivity contribution in [2.45, 2.75) is 44.2 Å². The second-order valence-corrected chi connectivity index (χ2v) is 8.19. The van der Waals surface area contributed by atoms with Crippen LogP contribution in [-0.4, -0.2) is 34.2 Å². The lowest BCUT2D eigenvalue weighted by molar-refractivity contribution is -0.0522. The second kappa shape index (κ2) is 7.28. The minimum absolute atomic E-state index is 0.0488. The number of nitrogens with one attached hydrogen (secondary N) is 2. The molecular weight excluding hydrogens is 345 g/mol. The molecule has 0 bridgehead atoms. The lowest BCUT2D eigenvalue weighted by atomic mass is 9.78. The summed E-state index contributed by atoms with van der Waals surface area (Å²) in [6.07, 6.45) is 1.99. The average molecular weight is 366 g/mol. The number of alkyl halides is 2. The quantitative estimate of drug-likeness (QED) is 0.812. The van der Waals surface area contributed by atoms with Crippen LogP contribution in [0.2, 0.25) is 0 Å². The van der Waals surface area contributed by atoms with Gasteiger partial charge in [0.25, 0.3) is 0 Å². The number of halogens is 3. The molecule has 2 rings (SSSR count). The number of sulfonamides is 1. The van der Waals surface area contributed by atoms with Crippen molar-refractivity contribution in [2.24, 2.45) is 5.41 Å². The highest BCUT2D eigenvalue weighted by atomic mass is 32.2. The van der Waals surface area contributed by atoms with Gasteiger partial charge in [0.1, 0.15) is 0 Å².